The molecule has 1 amide bonds. The third-order valence-corrected chi connectivity index (χ3v) is 3.42. The lowest BCUT2D eigenvalue weighted by molar-refractivity contribution is -0.119. The minimum Gasteiger partial charge on any atom is -0.452 e. The molecule has 0 radical (unpaired) electrons. The molecule has 0 aromatic heterocycles. The molecule has 0 fully saturated rings. The van der Waals surface area contributed by atoms with E-state index in [0.29, 0.717) is 17.2 Å². The van der Waals surface area contributed by atoms with E-state index in [1.165, 1.54) is 17.7 Å². The molecule has 0 saturated carbocycles. The number of carbonyl (C=O) groups excluding carboxylic acids is 2. The second-order valence-electron chi connectivity index (χ2n) is 5.59. The molecule has 0 atom stereocenters. The Balaban J connectivity index is 1.88. The van der Waals surface area contributed by atoms with Gasteiger partial charge in [-0.15, -0.1) is 0 Å². The normalized spacial score (nSPS) is 10.1. The number of ether oxygens (including phenoxy) is 1. The summed E-state index contributed by atoms with van der Waals surface area (Å²) in [6, 6.07) is 15.6. The van der Waals surface area contributed by atoms with Gasteiger partial charge in [0, 0.05) is 5.69 Å². The summed E-state index contributed by atoms with van der Waals surface area (Å²) in [6.07, 6.45) is 0. The summed E-state index contributed by atoms with van der Waals surface area (Å²) in [6.45, 7) is 3.80. The van der Waals surface area contributed by atoms with Crippen LogP contribution in [0.4, 0.5) is 5.69 Å². The first kappa shape index (κ1) is 17.2. The molecule has 2 aromatic rings. The molecule has 2 rings (SSSR count). The minimum absolute atomic E-state index is 0.239. The molecular formula is C19H18N2O3. The van der Waals surface area contributed by atoms with Gasteiger partial charge in [-0.05, 0) is 41.8 Å². The summed E-state index contributed by atoms with van der Waals surface area (Å²) in [5.41, 5.74) is 2.42. The van der Waals surface area contributed by atoms with Crippen LogP contribution in [0.3, 0.4) is 0 Å². The van der Waals surface area contributed by atoms with Crippen LogP contribution < -0.4 is 5.32 Å². The average Bonchev–Trinajstić information content (AvgIpc) is 2.60. The number of benzene rings is 2. The number of hydrogen-bond donors (Lipinski definition) is 1. The lowest BCUT2D eigenvalue weighted by atomic mass is 10.0. The fourth-order valence-electron chi connectivity index (χ4n) is 2.08. The highest BCUT2D eigenvalue weighted by molar-refractivity contribution is 5.95. The van der Waals surface area contributed by atoms with Crippen LogP contribution in [-0.2, 0) is 9.53 Å². The molecule has 122 valence electrons. The number of nitrogens with one attached hydrogen (secondary N) is 1. The highest BCUT2D eigenvalue weighted by Gasteiger charge is 2.11. The van der Waals surface area contributed by atoms with E-state index in [0.717, 1.165) is 0 Å². The van der Waals surface area contributed by atoms with E-state index in [4.69, 9.17) is 10.00 Å². The zero-order chi connectivity index (χ0) is 17.5. The summed E-state index contributed by atoms with van der Waals surface area (Å²) in [5.74, 6) is -0.644. The highest BCUT2D eigenvalue weighted by atomic mass is 16.5. The lowest BCUT2D eigenvalue weighted by Crippen LogP contribution is -2.21. The standard InChI is InChI=1S/C19H18N2O3/c1-13(2)15-6-8-17(9-7-15)21-18(22)12-24-19(23)16-5-3-4-14(10-16)11-20/h3-10,13H,12H2,1-2H3,(H,21,22). The Bertz CT molecular complexity index is 774. The van der Waals surface area contributed by atoms with Crippen molar-refractivity contribution in [2.75, 3.05) is 11.9 Å². The van der Waals surface area contributed by atoms with Gasteiger partial charge < -0.3 is 10.1 Å². The summed E-state index contributed by atoms with van der Waals surface area (Å²) >= 11 is 0. The van der Waals surface area contributed by atoms with Crippen molar-refractivity contribution in [3.8, 4) is 6.07 Å². The molecule has 0 aliphatic carbocycles. The van der Waals surface area contributed by atoms with Gasteiger partial charge in [0.15, 0.2) is 6.61 Å². The maximum Gasteiger partial charge on any atom is 0.338 e. The van der Waals surface area contributed by atoms with Gasteiger partial charge in [-0.2, -0.15) is 5.26 Å². The van der Waals surface area contributed by atoms with Crippen LogP contribution in [0.25, 0.3) is 0 Å². The van der Waals surface area contributed by atoms with Crippen LogP contribution in [0.1, 0.15) is 41.3 Å². The molecule has 2 aromatic carbocycles. The van der Waals surface area contributed by atoms with Crippen LogP contribution in [0.15, 0.2) is 48.5 Å². The quantitative estimate of drug-likeness (QED) is 0.855. The van der Waals surface area contributed by atoms with Gasteiger partial charge in [-0.1, -0.05) is 32.0 Å². The molecule has 0 aliphatic rings. The second kappa shape index (κ2) is 7.93. The smallest absolute Gasteiger partial charge is 0.338 e. The maximum atomic E-state index is 11.9. The van der Waals surface area contributed by atoms with E-state index in [1.807, 2.05) is 30.3 Å². The summed E-state index contributed by atoms with van der Waals surface area (Å²) in [5, 5.41) is 11.5. The lowest BCUT2D eigenvalue weighted by Gasteiger charge is -2.09. The van der Waals surface area contributed by atoms with Crippen molar-refractivity contribution in [3.63, 3.8) is 0 Å². The Morgan fingerprint density at radius 1 is 1.17 bits per heavy atom. The largest absolute Gasteiger partial charge is 0.452 e. The molecule has 0 heterocycles. The maximum absolute atomic E-state index is 11.9. The number of anilines is 1. The van der Waals surface area contributed by atoms with Gasteiger partial charge >= 0.3 is 5.97 Å². The van der Waals surface area contributed by atoms with Gasteiger partial charge in [0.25, 0.3) is 5.91 Å². The predicted molar refractivity (Wildman–Crippen MR) is 90.6 cm³/mol. The summed E-state index contributed by atoms with van der Waals surface area (Å²) < 4.78 is 4.96. The molecule has 0 saturated heterocycles. The fourth-order valence-corrected chi connectivity index (χ4v) is 2.08. The van der Waals surface area contributed by atoms with Gasteiger partial charge in [0.1, 0.15) is 0 Å². The summed E-state index contributed by atoms with van der Waals surface area (Å²) in [7, 11) is 0. The number of nitrogens with zero attached hydrogens (tertiary/aromatic N) is 1. The van der Waals surface area contributed by atoms with E-state index in [1.54, 1.807) is 12.1 Å². The zero-order valence-corrected chi connectivity index (χ0v) is 13.6. The Hall–Kier alpha value is -3.13. The van der Waals surface area contributed by atoms with Crippen molar-refractivity contribution in [2.45, 2.75) is 19.8 Å². The molecule has 24 heavy (non-hydrogen) atoms. The van der Waals surface area contributed by atoms with E-state index in [9.17, 15) is 9.59 Å². The number of hydrogen-bond acceptors (Lipinski definition) is 4. The molecule has 0 aliphatic heterocycles. The number of esters is 1. The number of carbonyl (C=O) groups is 2. The van der Waals surface area contributed by atoms with Crippen LogP contribution in [0.2, 0.25) is 0 Å². The molecule has 0 unspecified atom stereocenters. The minimum atomic E-state index is -0.641. The van der Waals surface area contributed by atoms with Crippen molar-refractivity contribution < 1.29 is 14.3 Å². The number of rotatable bonds is 5. The molecule has 5 heteroatoms. The first-order valence-electron chi connectivity index (χ1n) is 7.56. The van der Waals surface area contributed by atoms with E-state index >= 15 is 0 Å². The molecular weight excluding hydrogens is 304 g/mol. The van der Waals surface area contributed by atoms with Crippen LogP contribution in [-0.4, -0.2) is 18.5 Å². The van der Waals surface area contributed by atoms with Gasteiger partial charge in [0.05, 0.1) is 17.2 Å². The average molecular weight is 322 g/mol. The van der Waals surface area contributed by atoms with Gasteiger partial charge in [-0.25, -0.2) is 4.79 Å². The third kappa shape index (κ3) is 4.68. The van der Waals surface area contributed by atoms with Crippen LogP contribution >= 0.6 is 0 Å². The predicted octanol–water partition coefficient (Wildman–Crippen LogP) is 3.48. The van der Waals surface area contributed by atoms with E-state index in [-0.39, 0.29) is 12.2 Å². The monoisotopic (exact) mass is 322 g/mol. The van der Waals surface area contributed by atoms with E-state index in [2.05, 4.69) is 19.2 Å². The Labute approximate surface area is 140 Å². The number of nitriles is 1. The molecule has 0 spiro atoms. The first-order valence-corrected chi connectivity index (χ1v) is 7.56. The zero-order valence-electron chi connectivity index (χ0n) is 13.6. The molecule has 0 bridgehead atoms. The van der Waals surface area contributed by atoms with Crippen molar-refractivity contribution in [3.05, 3.63) is 65.2 Å². The molecule has 5 nitrogen and oxygen atoms in total. The van der Waals surface area contributed by atoms with Crippen molar-refractivity contribution >= 4 is 17.6 Å². The number of amides is 1. The Kier molecular flexibility index (Phi) is 5.69. The van der Waals surface area contributed by atoms with E-state index < -0.39 is 11.9 Å². The van der Waals surface area contributed by atoms with Gasteiger partial charge in [0.2, 0.25) is 0 Å². The summed E-state index contributed by atoms with van der Waals surface area (Å²) in [4.78, 5) is 23.7. The first-order chi connectivity index (χ1) is 11.5. The van der Waals surface area contributed by atoms with Gasteiger partial charge in [-0.3, -0.25) is 4.79 Å². The topological polar surface area (TPSA) is 79.2 Å². The highest BCUT2D eigenvalue weighted by Crippen LogP contribution is 2.17. The molecule has 1 N–H and O–H groups in total. The van der Waals surface area contributed by atoms with Crippen LogP contribution in [0.5, 0.6) is 0 Å². The third-order valence-electron chi connectivity index (χ3n) is 3.42. The van der Waals surface area contributed by atoms with Crippen LogP contribution in [0, 0.1) is 11.3 Å². The van der Waals surface area contributed by atoms with Crippen molar-refractivity contribution in [1.29, 1.82) is 5.26 Å². The Morgan fingerprint density at radius 3 is 2.50 bits per heavy atom. The van der Waals surface area contributed by atoms with Crippen molar-refractivity contribution in [2.24, 2.45) is 0 Å². The second-order valence-corrected chi connectivity index (χ2v) is 5.59. The SMILES string of the molecule is CC(C)c1ccc(NC(=O)COC(=O)c2cccc(C#N)c2)cc1. The fraction of sp³-hybridized carbons (Fsp3) is 0.211. The van der Waals surface area contributed by atoms with Crippen molar-refractivity contribution in [1.82, 2.24) is 0 Å². The Morgan fingerprint density at radius 2 is 1.88 bits per heavy atom.